The van der Waals surface area contributed by atoms with E-state index in [0.717, 1.165) is 27.9 Å². The summed E-state index contributed by atoms with van der Waals surface area (Å²) in [6, 6.07) is 6.78. The number of quaternary nitrogens is 1. The lowest BCUT2D eigenvalue weighted by Crippen LogP contribution is -3.13. The summed E-state index contributed by atoms with van der Waals surface area (Å²) in [4.78, 5) is 17.4. The van der Waals surface area contributed by atoms with E-state index in [-0.39, 0.29) is 5.56 Å². The molecule has 1 fully saturated rings. The molecule has 2 aromatic heterocycles. The molecule has 1 aromatic carbocycles. The van der Waals surface area contributed by atoms with Crippen LogP contribution in [0.3, 0.4) is 0 Å². The fourth-order valence-corrected chi connectivity index (χ4v) is 4.58. The van der Waals surface area contributed by atoms with Crippen molar-refractivity contribution in [1.29, 1.82) is 0 Å². The van der Waals surface area contributed by atoms with Gasteiger partial charge >= 0.3 is 0 Å². The molecule has 0 spiro atoms. The maximum Gasteiger partial charge on any atom is 0.257 e. The molecular formula is C22H31N6O2+. The smallest absolute Gasteiger partial charge is 0.257 e. The molecule has 1 unspecified atom stereocenters. The molecule has 0 radical (unpaired) electrons. The first-order valence-electron chi connectivity index (χ1n) is 10.8. The number of methoxy groups -OCH3 is 1. The zero-order valence-corrected chi connectivity index (χ0v) is 18.1. The molecule has 4 rings (SSSR count). The zero-order valence-electron chi connectivity index (χ0n) is 18.1. The molecule has 30 heavy (non-hydrogen) atoms. The molecule has 0 saturated heterocycles. The lowest BCUT2D eigenvalue weighted by molar-refractivity contribution is -0.952. The number of H-pyrrole nitrogens is 1. The van der Waals surface area contributed by atoms with Crippen molar-refractivity contribution in [2.45, 2.75) is 65.2 Å². The van der Waals surface area contributed by atoms with Crippen molar-refractivity contribution in [3.05, 3.63) is 51.1 Å². The average Bonchev–Trinajstić information content (AvgIpc) is 3.42. The maximum atomic E-state index is 12.9. The molecule has 0 bridgehead atoms. The van der Waals surface area contributed by atoms with Crippen molar-refractivity contribution in [2.75, 3.05) is 13.7 Å². The minimum absolute atomic E-state index is 0.00525. The average molecular weight is 412 g/mol. The molecular weight excluding hydrogens is 380 g/mol. The molecule has 8 heteroatoms. The highest BCUT2D eigenvalue weighted by molar-refractivity contribution is 5.85. The zero-order chi connectivity index (χ0) is 21.1. The van der Waals surface area contributed by atoms with Crippen molar-refractivity contribution in [3.8, 4) is 0 Å². The fourth-order valence-electron chi connectivity index (χ4n) is 4.58. The van der Waals surface area contributed by atoms with Crippen LogP contribution in [0.15, 0.2) is 23.0 Å². The van der Waals surface area contributed by atoms with Gasteiger partial charge in [0.05, 0.1) is 30.3 Å². The lowest BCUT2D eigenvalue weighted by atomic mass is 10.0. The lowest BCUT2D eigenvalue weighted by Gasteiger charge is -2.25. The second-order valence-corrected chi connectivity index (χ2v) is 8.42. The van der Waals surface area contributed by atoms with E-state index >= 15 is 0 Å². The van der Waals surface area contributed by atoms with E-state index in [2.05, 4.69) is 45.6 Å². The van der Waals surface area contributed by atoms with Gasteiger partial charge in [0.15, 0.2) is 0 Å². The summed E-state index contributed by atoms with van der Waals surface area (Å²) in [5, 5.41) is 13.4. The Kier molecular flexibility index (Phi) is 6.24. The van der Waals surface area contributed by atoms with Crippen molar-refractivity contribution < 1.29 is 9.64 Å². The van der Waals surface area contributed by atoms with Gasteiger partial charge < -0.3 is 14.6 Å². The second kappa shape index (κ2) is 9.06. The molecule has 1 atom stereocenters. The summed E-state index contributed by atoms with van der Waals surface area (Å²) in [5.41, 5.74) is 4.05. The van der Waals surface area contributed by atoms with E-state index in [1.54, 1.807) is 7.11 Å². The van der Waals surface area contributed by atoms with E-state index in [1.807, 2.05) is 11.6 Å². The summed E-state index contributed by atoms with van der Waals surface area (Å²) >= 11 is 0. The number of aromatic amines is 1. The first-order valence-corrected chi connectivity index (χ1v) is 10.8. The molecule has 0 aliphatic heterocycles. The van der Waals surface area contributed by atoms with Crippen LogP contribution in [0.2, 0.25) is 0 Å². The summed E-state index contributed by atoms with van der Waals surface area (Å²) in [5.74, 6) is 0.846. The van der Waals surface area contributed by atoms with Crippen LogP contribution in [-0.4, -0.2) is 44.9 Å². The van der Waals surface area contributed by atoms with E-state index in [0.29, 0.717) is 32.3 Å². The SMILES string of the molecule is COCCn1nnnc1C[NH+](Cc1cc2c(C)ccc(C)c2[nH]c1=O)C1CCCC1. The van der Waals surface area contributed by atoms with Crippen LogP contribution in [-0.2, 0) is 24.4 Å². The Morgan fingerprint density at radius 1 is 1.20 bits per heavy atom. The molecule has 1 aliphatic rings. The third-order valence-electron chi connectivity index (χ3n) is 6.37. The van der Waals surface area contributed by atoms with Crippen LogP contribution >= 0.6 is 0 Å². The highest BCUT2D eigenvalue weighted by Crippen LogP contribution is 2.20. The topological polar surface area (TPSA) is 90.1 Å². The predicted molar refractivity (Wildman–Crippen MR) is 114 cm³/mol. The van der Waals surface area contributed by atoms with Gasteiger partial charge in [0, 0.05) is 12.5 Å². The number of nitrogens with zero attached hydrogens (tertiary/aromatic N) is 4. The Labute approximate surface area is 176 Å². The van der Waals surface area contributed by atoms with Crippen molar-refractivity contribution in [3.63, 3.8) is 0 Å². The van der Waals surface area contributed by atoms with Crippen LogP contribution in [0, 0.1) is 13.8 Å². The van der Waals surface area contributed by atoms with Crippen LogP contribution < -0.4 is 10.5 Å². The number of aromatic nitrogens is 5. The van der Waals surface area contributed by atoms with Gasteiger partial charge in [0.2, 0.25) is 5.82 Å². The number of pyridine rings is 1. The Balaban J connectivity index is 1.64. The number of benzene rings is 1. The van der Waals surface area contributed by atoms with E-state index in [4.69, 9.17) is 4.74 Å². The van der Waals surface area contributed by atoms with Crippen LogP contribution in [0.4, 0.5) is 0 Å². The van der Waals surface area contributed by atoms with Crippen LogP contribution in [0.25, 0.3) is 10.9 Å². The van der Waals surface area contributed by atoms with Gasteiger partial charge in [-0.2, -0.15) is 0 Å². The second-order valence-electron chi connectivity index (χ2n) is 8.42. The molecule has 2 heterocycles. The monoisotopic (exact) mass is 411 g/mol. The molecule has 1 aliphatic carbocycles. The minimum atomic E-state index is 0.00525. The van der Waals surface area contributed by atoms with Gasteiger partial charge in [-0.05, 0) is 67.2 Å². The summed E-state index contributed by atoms with van der Waals surface area (Å²) in [6.07, 6.45) is 4.85. The number of tetrazole rings is 1. The van der Waals surface area contributed by atoms with Gasteiger partial charge in [0.1, 0.15) is 13.1 Å². The van der Waals surface area contributed by atoms with Crippen LogP contribution in [0.5, 0.6) is 0 Å². The molecule has 160 valence electrons. The number of nitrogens with one attached hydrogen (secondary N) is 2. The number of rotatable bonds is 8. The summed E-state index contributed by atoms with van der Waals surface area (Å²) in [7, 11) is 1.68. The van der Waals surface area contributed by atoms with Gasteiger partial charge in [-0.15, -0.1) is 5.10 Å². The minimum Gasteiger partial charge on any atom is -0.383 e. The Morgan fingerprint density at radius 3 is 2.73 bits per heavy atom. The molecule has 3 aromatic rings. The Hall–Kier alpha value is -2.58. The Bertz CT molecular complexity index is 1070. The van der Waals surface area contributed by atoms with Gasteiger partial charge in [-0.3, -0.25) is 4.79 Å². The Morgan fingerprint density at radius 2 is 1.97 bits per heavy atom. The van der Waals surface area contributed by atoms with Gasteiger partial charge in [0.25, 0.3) is 5.56 Å². The fraction of sp³-hybridized carbons (Fsp3) is 0.545. The first-order chi connectivity index (χ1) is 14.6. The van der Waals surface area contributed by atoms with Crippen molar-refractivity contribution >= 4 is 10.9 Å². The third-order valence-corrected chi connectivity index (χ3v) is 6.37. The van der Waals surface area contributed by atoms with Gasteiger partial charge in [-0.1, -0.05) is 12.1 Å². The molecule has 8 nitrogen and oxygen atoms in total. The highest BCUT2D eigenvalue weighted by atomic mass is 16.5. The third kappa shape index (κ3) is 4.29. The van der Waals surface area contributed by atoms with E-state index < -0.39 is 0 Å². The number of hydrogen-bond donors (Lipinski definition) is 2. The first kappa shape index (κ1) is 20.7. The highest BCUT2D eigenvalue weighted by Gasteiger charge is 2.29. The number of ether oxygens (including phenoxy) is 1. The molecule has 1 saturated carbocycles. The van der Waals surface area contributed by atoms with Crippen molar-refractivity contribution in [2.24, 2.45) is 0 Å². The summed E-state index contributed by atoms with van der Waals surface area (Å²) in [6.45, 7) is 6.69. The van der Waals surface area contributed by atoms with E-state index in [9.17, 15) is 4.79 Å². The molecule has 0 amide bonds. The van der Waals surface area contributed by atoms with Crippen LogP contribution in [0.1, 0.15) is 48.2 Å². The normalized spacial score (nSPS) is 15.8. The predicted octanol–water partition coefficient (Wildman–Crippen LogP) is 1.31. The number of aryl methyl sites for hydroxylation is 2. The standard InChI is InChI=1S/C22H30N6O2/c1-15-8-9-16(2)21-19(15)12-17(22(29)23-21)13-27(18-6-4-5-7-18)14-20-24-25-26-28(20)10-11-30-3/h8-9,12,18H,4-7,10-11,13-14H2,1-3H3,(H,23,29)/p+1. The quantitative estimate of drug-likeness (QED) is 0.583. The molecule has 2 N–H and O–H groups in total. The van der Waals surface area contributed by atoms with Gasteiger partial charge in [-0.25, -0.2) is 4.68 Å². The number of hydrogen-bond acceptors (Lipinski definition) is 5. The van der Waals surface area contributed by atoms with Crippen molar-refractivity contribution in [1.82, 2.24) is 25.2 Å². The summed E-state index contributed by atoms with van der Waals surface area (Å²) < 4.78 is 7.00. The largest absolute Gasteiger partial charge is 0.383 e. The van der Waals surface area contributed by atoms with E-state index in [1.165, 1.54) is 36.1 Å². The number of fused-ring (bicyclic) bond motifs is 1. The maximum absolute atomic E-state index is 12.9.